The molecule has 0 saturated carbocycles. The summed E-state index contributed by atoms with van der Waals surface area (Å²) in [5, 5.41) is 2.66. The van der Waals surface area contributed by atoms with E-state index < -0.39 is 0 Å². The lowest BCUT2D eigenvalue weighted by molar-refractivity contribution is 0.906. The molecule has 0 spiro atoms. The second kappa shape index (κ2) is 4.81. The van der Waals surface area contributed by atoms with E-state index in [4.69, 9.17) is 0 Å². The van der Waals surface area contributed by atoms with Gasteiger partial charge in [-0.1, -0.05) is 61.0 Å². The monoisotopic (exact) mass is 234 g/mol. The number of allylic oxidation sites excluding steroid dienone is 4. The number of rotatable bonds is 2. The Morgan fingerprint density at radius 2 is 1.72 bits per heavy atom. The number of benzene rings is 2. The zero-order valence-electron chi connectivity index (χ0n) is 10.8. The fourth-order valence-corrected chi connectivity index (χ4v) is 2.60. The normalized spacial score (nSPS) is 15.4. The van der Waals surface area contributed by atoms with E-state index in [-0.39, 0.29) is 0 Å². The van der Waals surface area contributed by atoms with Crippen LogP contribution in [0.15, 0.2) is 60.2 Å². The minimum absolute atomic E-state index is 1.18. The summed E-state index contributed by atoms with van der Waals surface area (Å²) in [4.78, 5) is 0. The molecular formula is C18H18. The quantitative estimate of drug-likeness (QED) is 0.656. The van der Waals surface area contributed by atoms with Gasteiger partial charge in [-0.15, -0.1) is 0 Å². The van der Waals surface area contributed by atoms with Gasteiger partial charge < -0.3 is 0 Å². The minimum atomic E-state index is 1.18. The molecule has 0 N–H and O–H groups in total. The van der Waals surface area contributed by atoms with Gasteiger partial charge in [0.05, 0.1) is 0 Å². The van der Waals surface area contributed by atoms with E-state index >= 15 is 0 Å². The van der Waals surface area contributed by atoms with Crippen molar-refractivity contribution in [2.75, 3.05) is 0 Å². The molecule has 0 nitrogen and oxygen atoms in total. The second-order valence-corrected chi connectivity index (χ2v) is 4.93. The summed E-state index contributed by atoms with van der Waals surface area (Å²) in [6.45, 7) is 2.24. The maximum absolute atomic E-state index is 2.31. The fraction of sp³-hybridized carbons (Fsp3) is 0.222. The molecule has 0 saturated heterocycles. The van der Waals surface area contributed by atoms with Crippen LogP contribution < -0.4 is 0 Å². The zero-order valence-corrected chi connectivity index (χ0v) is 10.8. The van der Waals surface area contributed by atoms with Gasteiger partial charge in [0.1, 0.15) is 0 Å². The molecule has 0 fully saturated rings. The van der Waals surface area contributed by atoms with Crippen LogP contribution in [0.2, 0.25) is 0 Å². The highest BCUT2D eigenvalue weighted by Crippen LogP contribution is 2.29. The van der Waals surface area contributed by atoms with Crippen LogP contribution >= 0.6 is 0 Å². The van der Waals surface area contributed by atoms with Gasteiger partial charge in [-0.2, -0.15) is 0 Å². The smallest absolute Gasteiger partial charge is 0.0178 e. The van der Waals surface area contributed by atoms with Gasteiger partial charge in [-0.25, -0.2) is 0 Å². The summed E-state index contributed by atoms with van der Waals surface area (Å²) in [6.07, 6.45) is 8.18. The van der Waals surface area contributed by atoms with E-state index in [1.54, 1.807) is 5.57 Å². The van der Waals surface area contributed by atoms with E-state index in [2.05, 4.69) is 61.5 Å². The molecule has 18 heavy (non-hydrogen) atoms. The number of hydrogen-bond acceptors (Lipinski definition) is 0. The van der Waals surface area contributed by atoms with Crippen molar-refractivity contribution in [2.45, 2.75) is 26.2 Å². The topological polar surface area (TPSA) is 0 Å². The maximum atomic E-state index is 2.31. The third-order valence-electron chi connectivity index (χ3n) is 3.81. The molecule has 0 heteroatoms. The molecule has 1 aliphatic carbocycles. The molecule has 0 bridgehead atoms. The Kier molecular flexibility index (Phi) is 3.02. The maximum Gasteiger partial charge on any atom is -0.0178 e. The van der Waals surface area contributed by atoms with Crippen LogP contribution in [-0.2, 0) is 0 Å². The van der Waals surface area contributed by atoms with Crippen molar-refractivity contribution in [3.05, 3.63) is 65.8 Å². The third-order valence-corrected chi connectivity index (χ3v) is 3.81. The predicted octanol–water partition coefficient (Wildman–Crippen LogP) is 5.35. The zero-order chi connectivity index (χ0) is 12.4. The number of hydrogen-bond donors (Lipinski definition) is 0. The van der Waals surface area contributed by atoms with E-state index in [1.165, 1.54) is 41.2 Å². The highest BCUT2D eigenvalue weighted by molar-refractivity contribution is 5.86. The average molecular weight is 234 g/mol. The molecule has 0 atom stereocenters. The molecule has 0 aromatic heterocycles. The molecule has 0 radical (unpaired) electrons. The molecule has 3 rings (SSSR count). The van der Waals surface area contributed by atoms with Crippen molar-refractivity contribution in [1.29, 1.82) is 0 Å². The lowest BCUT2D eigenvalue weighted by Gasteiger charge is -2.14. The summed E-state index contributed by atoms with van der Waals surface area (Å²) in [5.74, 6) is 0. The van der Waals surface area contributed by atoms with Crippen LogP contribution in [0.3, 0.4) is 0 Å². The Hall–Kier alpha value is -1.82. The highest BCUT2D eigenvalue weighted by Gasteiger charge is 2.07. The summed E-state index contributed by atoms with van der Waals surface area (Å²) in [5.41, 5.74) is 4.41. The van der Waals surface area contributed by atoms with Crippen molar-refractivity contribution in [3.63, 3.8) is 0 Å². The Bertz CT molecular complexity index is 629. The molecule has 0 heterocycles. The van der Waals surface area contributed by atoms with Crippen molar-refractivity contribution >= 4 is 16.3 Å². The first kappa shape index (κ1) is 11.3. The molecule has 0 unspecified atom stereocenters. The summed E-state index contributed by atoms with van der Waals surface area (Å²) < 4.78 is 0. The van der Waals surface area contributed by atoms with Crippen LogP contribution in [0, 0.1) is 0 Å². The Balaban J connectivity index is 2.00. The van der Waals surface area contributed by atoms with Gasteiger partial charge in [0, 0.05) is 0 Å². The van der Waals surface area contributed by atoms with E-state index in [1.807, 2.05) is 0 Å². The van der Waals surface area contributed by atoms with Gasteiger partial charge in [0.15, 0.2) is 0 Å². The Morgan fingerprint density at radius 1 is 0.889 bits per heavy atom. The van der Waals surface area contributed by atoms with Crippen molar-refractivity contribution in [3.8, 4) is 0 Å². The van der Waals surface area contributed by atoms with Gasteiger partial charge >= 0.3 is 0 Å². The van der Waals surface area contributed by atoms with Gasteiger partial charge in [-0.3, -0.25) is 0 Å². The molecule has 2 aromatic rings. The lowest BCUT2D eigenvalue weighted by Crippen LogP contribution is -1.93. The van der Waals surface area contributed by atoms with E-state index in [0.717, 1.165) is 0 Å². The second-order valence-electron chi connectivity index (χ2n) is 4.93. The molecule has 90 valence electrons. The molecule has 0 amide bonds. The van der Waals surface area contributed by atoms with Gasteiger partial charge in [0.2, 0.25) is 0 Å². The lowest BCUT2D eigenvalue weighted by atomic mass is 9.91. The van der Waals surface area contributed by atoms with Crippen LogP contribution in [0.4, 0.5) is 0 Å². The van der Waals surface area contributed by atoms with Crippen molar-refractivity contribution in [1.82, 2.24) is 0 Å². The summed E-state index contributed by atoms with van der Waals surface area (Å²) in [7, 11) is 0. The average Bonchev–Trinajstić information content (AvgIpc) is 2.47. The van der Waals surface area contributed by atoms with Crippen molar-refractivity contribution < 1.29 is 0 Å². The van der Waals surface area contributed by atoms with E-state index in [9.17, 15) is 0 Å². The van der Waals surface area contributed by atoms with Crippen LogP contribution in [0.1, 0.15) is 31.7 Å². The summed E-state index contributed by atoms with van der Waals surface area (Å²) in [6, 6.07) is 15.4. The Labute approximate surface area is 109 Å². The standard InChI is InChI=1S/C18H18/c1-2-14-7-9-16(10-8-14)18-12-11-15-5-3-4-6-17(15)13-18/h3-7,9,11-13H,2,8,10H2,1H3. The third kappa shape index (κ3) is 2.11. The first-order valence-corrected chi connectivity index (χ1v) is 6.74. The summed E-state index contributed by atoms with van der Waals surface area (Å²) >= 11 is 0. The first-order valence-electron chi connectivity index (χ1n) is 6.74. The van der Waals surface area contributed by atoms with Gasteiger partial charge in [0.25, 0.3) is 0 Å². The van der Waals surface area contributed by atoms with Crippen LogP contribution in [0.25, 0.3) is 16.3 Å². The van der Waals surface area contributed by atoms with Gasteiger partial charge in [-0.05, 0) is 47.2 Å². The van der Waals surface area contributed by atoms with Crippen molar-refractivity contribution in [2.24, 2.45) is 0 Å². The fourth-order valence-electron chi connectivity index (χ4n) is 2.60. The molecule has 1 aliphatic rings. The first-order chi connectivity index (χ1) is 8.86. The highest BCUT2D eigenvalue weighted by atomic mass is 14.1. The molecular weight excluding hydrogens is 216 g/mol. The predicted molar refractivity (Wildman–Crippen MR) is 79.5 cm³/mol. The van der Waals surface area contributed by atoms with E-state index in [0.29, 0.717) is 0 Å². The minimum Gasteiger partial charge on any atom is -0.0701 e. The largest absolute Gasteiger partial charge is 0.0701 e. The molecule has 0 aliphatic heterocycles. The Morgan fingerprint density at radius 3 is 2.44 bits per heavy atom. The van der Waals surface area contributed by atoms with Crippen LogP contribution in [0.5, 0.6) is 0 Å². The van der Waals surface area contributed by atoms with Crippen LogP contribution in [-0.4, -0.2) is 0 Å². The SMILES string of the molecule is CCC1=CC=C(c2ccc3ccccc3c2)CC1. The number of fused-ring (bicyclic) bond motifs is 1. The molecule has 2 aromatic carbocycles.